The number of ketones is 1. The molecular weight excluding hydrogens is 218 g/mol. The minimum atomic E-state index is -0.563. The molecule has 5 heteroatoms. The van der Waals surface area contributed by atoms with Crippen LogP contribution >= 0.6 is 11.6 Å². The lowest BCUT2D eigenvalue weighted by molar-refractivity contribution is 0.0522. The number of esters is 1. The molecule has 0 radical (unpaired) electrons. The lowest BCUT2D eigenvalue weighted by atomic mass is 10.1. The third-order valence-electron chi connectivity index (χ3n) is 1.69. The number of halogens is 1. The van der Waals surface area contributed by atoms with E-state index in [1.165, 1.54) is 19.1 Å². The number of Topliss-reactive ketones (excluding diaryl/α,β-unsaturated/α-hetero) is 1. The van der Waals surface area contributed by atoms with E-state index in [9.17, 15) is 9.59 Å². The summed E-state index contributed by atoms with van der Waals surface area (Å²) in [6.07, 6.45) is 0. The minimum Gasteiger partial charge on any atom is -0.462 e. The molecule has 0 bridgehead atoms. The summed E-state index contributed by atoms with van der Waals surface area (Å²) < 4.78 is 4.78. The smallest absolute Gasteiger partial charge is 0.340 e. The molecule has 0 aliphatic rings. The van der Waals surface area contributed by atoms with Crippen molar-refractivity contribution >= 4 is 23.4 Å². The van der Waals surface area contributed by atoms with Gasteiger partial charge in [0.1, 0.15) is 10.8 Å². The van der Waals surface area contributed by atoms with E-state index in [-0.39, 0.29) is 28.8 Å². The normalized spacial score (nSPS) is 9.80. The van der Waals surface area contributed by atoms with Gasteiger partial charge in [-0.1, -0.05) is 11.6 Å². The van der Waals surface area contributed by atoms with Crippen molar-refractivity contribution in [2.45, 2.75) is 13.8 Å². The predicted molar refractivity (Wildman–Crippen MR) is 55.2 cm³/mol. The van der Waals surface area contributed by atoms with E-state index < -0.39 is 5.97 Å². The first-order valence-electron chi connectivity index (χ1n) is 4.41. The van der Waals surface area contributed by atoms with Crippen molar-refractivity contribution in [3.63, 3.8) is 0 Å². The molecule has 0 atom stereocenters. The Hall–Kier alpha value is -1.42. The van der Waals surface area contributed by atoms with Crippen LogP contribution in [0.1, 0.15) is 34.7 Å². The molecule has 0 amide bonds. The molecule has 15 heavy (non-hydrogen) atoms. The second-order valence-corrected chi connectivity index (χ2v) is 3.19. The molecule has 0 unspecified atom stereocenters. The fourth-order valence-electron chi connectivity index (χ4n) is 1.08. The van der Waals surface area contributed by atoms with Gasteiger partial charge in [0.15, 0.2) is 5.78 Å². The molecular formula is C10H10ClNO3. The molecule has 1 heterocycles. The van der Waals surface area contributed by atoms with Crippen LogP contribution < -0.4 is 0 Å². The standard InChI is InChI=1S/C10H10ClNO3/c1-3-15-10(14)7-4-5-8(11)12-9(7)6(2)13/h4-5H,3H2,1-2H3. The van der Waals surface area contributed by atoms with Gasteiger partial charge >= 0.3 is 5.97 Å². The van der Waals surface area contributed by atoms with Crippen LogP contribution in [0.3, 0.4) is 0 Å². The van der Waals surface area contributed by atoms with Gasteiger partial charge in [-0.15, -0.1) is 0 Å². The van der Waals surface area contributed by atoms with E-state index in [4.69, 9.17) is 16.3 Å². The molecule has 0 saturated heterocycles. The third kappa shape index (κ3) is 2.76. The summed E-state index contributed by atoms with van der Waals surface area (Å²) in [6.45, 7) is 3.26. The Balaban J connectivity index is 3.17. The van der Waals surface area contributed by atoms with Gasteiger partial charge in [-0.2, -0.15) is 0 Å². The topological polar surface area (TPSA) is 56.3 Å². The van der Waals surface area contributed by atoms with Crippen LogP contribution in [0.5, 0.6) is 0 Å². The van der Waals surface area contributed by atoms with Crippen molar-refractivity contribution in [2.24, 2.45) is 0 Å². The van der Waals surface area contributed by atoms with E-state index in [0.29, 0.717) is 0 Å². The second kappa shape index (κ2) is 4.89. The summed E-state index contributed by atoms with van der Waals surface area (Å²) >= 11 is 5.63. The zero-order chi connectivity index (χ0) is 11.4. The highest BCUT2D eigenvalue weighted by molar-refractivity contribution is 6.29. The Morgan fingerprint density at radius 3 is 2.67 bits per heavy atom. The SMILES string of the molecule is CCOC(=O)c1ccc(Cl)nc1C(C)=O. The Morgan fingerprint density at radius 1 is 1.47 bits per heavy atom. The number of hydrogen-bond acceptors (Lipinski definition) is 4. The summed E-state index contributed by atoms with van der Waals surface area (Å²) in [4.78, 5) is 26.4. The number of pyridine rings is 1. The van der Waals surface area contributed by atoms with Crippen LogP contribution in [0, 0.1) is 0 Å². The van der Waals surface area contributed by atoms with Gasteiger partial charge in [0.05, 0.1) is 12.2 Å². The Bertz CT molecular complexity index is 404. The molecule has 1 aromatic rings. The first-order valence-corrected chi connectivity index (χ1v) is 4.78. The molecule has 0 saturated carbocycles. The number of hydrogen-bond donors (Lipinski definition) is 0. The zero-order valence-electron chi connectivity index (χ0n) is 8.41. The van der Waals surface area contributed by atoms with E-state index in [0.717, 1.165) is 0 Å². The van der Waals surface area contributed by atoms with Gasteiger partial charge in [-0.25, -0.2) is 9.78 Å². The van der Waals surface area contributed by atoms with E-state index in [1.807, 2.05) is 0 Å². The highest BCUT2D eigenvalue weighted by atomic mass is 35.5. The average molecular weight is 228 g/mol. The van der Waals surface area contributed by atoms with Crippen LogP contribution in [0.15, 0.2) is 12.1 Å². The summed E-state index contributed by atoms with van der Waals surface area (Å²) in [5.74, 6) is -0.882. The average Bonchev–Trinajstić information content (AvgIpc) is 2.17. The molecule has 1 rings (SSSR count). The van der Waals surface area contributed by atoms with Crippen LogP contribution in [0.25, 0.3) is 0 Å². The molecule has 0 aliphatic heterocycles. The fraction of sp³-hybridized carbons (Fsp3) is 0.300. The largest absolute Gasteiger partial charge is 0.462 e. The Labute approximate surface area is 92.2 Å². The fourth-order valence-corrected chi connectivity index (χ4v) is 1.22. The maximum Gasteiger partial charge on any atom is 0.340 e. The van der Waals surface area contributed by atoms with Gasteiger partial charge in [0.2, 0.25) is 0 Å². The summed E-state index contributed by atoms with van der Waals surface area (Å²) in [5.41, 5.74) is 0.190. The summed E-state index contributed by atoms with van der Waals surface area (Å²) in [5, 5.41) is 0.174. The van der Waals surface area contributed by atoms with Crippen molar-refractivity contribution in [1.29, 1.82) is 0 Å². The van der Waals surface area contributed by atoms with Gasteiger partial charge in [0, 0.05) is 6.92 Å². The highest BCUT2D eigenvalue weighted by Gasteiger charge is 2.17. The molecule has 80 valence electrons. The molecule has 1 aromatic heterocycles. The second-order valence-electron chi connectivity index (χ2n) is 2.81. The van der Waals surface area contributed by atoms with Crippen molar-refractivity contribution in [3.05, 3.63) is 28.5 Å². The number of carbonyl (C=O) groups excluding carboxylic acids is 2. The molecule has 0 aromatic carbocycles. The van der Waals surface area contributed by atoms with Gasteiger partial charge in [-0.05, 0) is 19.1 Å². The Kier molecular flexibility index (Phi) is 3.80. The number of nitrogens with zero attached hydrogens (tertiary/aromatic N) is 1. The predicted octanol–water partition coefficient (Wildman–Crippen LogP) is 2.11. The quantitative estimate of drug-likeness (QED) is 0.451. The maximum absolute atomic E-state index is 11.4. The van der Waals surface area contributed by atoms with Gasteiger partial charge in [-0.3, -0.25) is 4.79 Å². The van der Waals surface area contributed by atoms with Crippen molar-refractivity contribution in [3.8, 4) is 0 Å². The number of carbonyl (C=O) groups is 2. The minimum absolute atomic E-state index is 0.0425. The monoisotopic (exact) mass is 227 g/mol. The first kappa shape index (κ1) is 11.7. The molecule has 0 spiro atoms. The van der Waals surface area contributed by atoms with Crippen molar-refractivity contribution in [2.75, 3.05) is 6.61 Å². The highest BCUT2D eigenvalue weighted by Crippen LogP contribution is 2.13. The Morgan fingerprint density at radius 2 is 2.13 bits per heavy atom. The van der Waals surface area contributed by atoms with Gasteiger partial charge < -0.3 is 4.74 Å². The lowest BCUT2D eigenvalue weighted by Crippen LogP contribution is -2.12. The first-order chi connectivity index (χ1) is 7.06. The van der Waals surface area contributed by atoms with Crippen LogP contribution in [-0.4, -0.2) is 23.3 Å². The van der Waals surface area contributed by atoms with E-state index >= 15 is 0 Å². The summed E-state index contributed by atoms with van der Waals surface area (Å²) in [6, 6.07) is 2.88. The van der Waals surface area contributed by atoms with Crippen LogP contribution in [0.4, 0.5) is 0 Å². The van der Waals surface area contributed by atoms with Crippen LogP contribution in [-0.2, 0) is 4.74 Å². The van der Waals surface area contributed by atoms with Crippen LogP contribution in [0.2, 0.25) is 5.15 Å². The number of rotatable bonds is 3. The van der Waals surface area contributed by atoms with E-state index in [2.05, 4.69) is 4.98 Å². The van der Waals surface area contributed by atoms with E-state index in [1.54, 1.807) is 6.92 Å². The van der Waals surface area contributed by atoms with Crippen molar-refractivity contribution in [1.82, 2.24) is 4.98 Å². The maximum atomic E-state index is 11.4. The molecule has 0 N–H and O–H groups in total. The summed E-state index contributed by atoms with van der Waals surface area (Å²) in [7, 11) is 0. The molecule has 0 aliphatic carbocycles. The lowest BCUT2D eigenvalue weighted by Gasteiger charge is -2.05. The molecule has 0 fully saturated rings. The zero-order valence-corrected chi connectivity index (χ0v) is 9.17. The van der Waals surface area contributed by atoms with Crippen molar-refractivity contribution < 1.29 is 14.3 Å². The number of ether oxygens (including phenoxy) is 1. The number of aromatic nitrogens is 1. The molecule has 4 nitrogen and oxygen atoms in total. The van der Waals surface area contributed by atoms with Gasteiger partial charge in [0.25, 0.3) is 0 Å². The third-order valence-corrected chi connectivity index (χ3v) is 1.90.